The van der Waals surface area contributed by atoms with Crippen molar-refractivity contribution in [3.8, 4) is 0 Å². The summed E-state index contributed by atoms with van der Waals surface area (Å²) in [6.07, 6.45) is -4.59. The highest BCUT2D eigenvalue weighted by Gasteiger charge is 2.28. The number of rotatable bonds is 5. The molecule has 0 atom stereocenters. The first-order chi connectivity index (χ1) is 12.4. The number of amides is 1. The minimum absolute atomic E-state index is 0.0196. The maximum absolute atomic E-state index is 12.5. The first-order valence-electron chi connectivity index (χ1n) is 7.11. The molecule has 0 radical (unpaired) electrons. The summed E-state index contributed by atoms with van der Waals surface area (Å²) >= 11 is 11.7. The molecule has 146 valence electrons. The van der Waals surface area contributed by atoms with E-state index in [0.29, 0.717) is 0 Å². The van der Waals surface area contributed by atoms with Crippen molar-refractivity contribution in [3.63, 3.8) is 0 Å². The Bertz CT molecular complexity index is 959. The van der Waals surface area contributed by atoms with E-state index < -0.39 is 28.7 Å². The highest BCUT2D eigenvalue weighted by Crippen LogP contribution is 2.32. The second-order valence-corrected chi connectivity index (χ2v) is 7.78. The molecule has 0 aromatic heterocycles. The first kappa shape index (κ1) is 21.1. The van der Waals surface area contributed by atoms with E-state index in [-0.39, 0.29) is 31.9 Å². The number of nitrogens with one attached hydrogen (secondary N) is 2. The van der Waals surface area contributed by atoms with Crippen molar-refractivity contribution in [1.82, 2.24) is 5.32 Å². The van der Waals surface area contributed by atoms with Crippen molar-refractivity contribution in [3.05, 3.63) is 52.0 Å². The number of benzene rings is 2. The Balaban J connectivity index is 2.25. The molecule has 2 aromatic rings. The van der Waals surface area contributed by atoms with E-state index in [0.717, 1.165) is 6.07 Å². The quantitative estimate of drug-likeness (QED) is 0.616. The molecule has 12 heteroatoms. The predicted molar refractivity (Wildman–Crippen MR) is 96.5 cm³/mol. The molecule has 4 N–H and O–H groups in total. The van der Waals surface area contributed by atoms with Crippen LogP contribution in [0, 0.1) is 0 Å². The van der Waals surface area contributed by atoms with Crippen LogP contribution in [0.4, 0.5) is 24.5 Å². The molecular weight excluding hydrogens is 430 g/mol. The number of carbonyl (C=O) groups excluding carboxylic acids is 1. The molecule has 0 fully saturated rings. The third-order valence-corrected chi connectivity index (χ3v) is 5.19. The van der Waals surface area contributed by atoms with Gasteiger partial charge in [-0.25, -0.2) is 8.42 Å². The summed E-state index contributed by atoms with van der Waals surface area (Å²) in [5.41, 5.74) is 5.41. The smallest absolute Gasteiger partial charge is 0.396 e. The highest BCUT2D eigenvalue weighted by molar-refractivity contribution is 7.92. The summed E-state index contributed by atoms with van der Waals surface area (Å²) in [6, 6.07) is 6.99. The van der Waals surface area contributed by atoms with Gasteiger partial charge < -0.3 is 11.1 Å². The Labute approximate surface area is 162 Å². The lowest BCUT2D eigenvalue weighted by Gasteiger charge is -2.12. The average Bonchev–Trinajstić information content (AvgIpc) is 2.56. The predicted octanol–water partition coefficient (Wildman–Crippen LogP) is 3.67. The summed E-state index contributed by atoms with van der Waals surface area (Å²) in [5.74, 6) is -1.07. The Hall–Kier alpha value is -2.17. The third-order valence-electron chi connectivity index (χ3n) is 3.19. The molecule has 0 bridgehead atoms. The van der Waals surface area contributed by atoms with Gasteiger partial charge >= 0.3 is 6.18 Å². The Morgan fingerprint density at radius 3 is 2.26 bits per heavy atom. The number of carbonyl (C=O) groups is 1. The van der Waals surface area contributed by atoms with Crippen LogP contribution in [0.1, 0.15) is 10.4 Å². The second kappa shape index (κ2) is 7.83. The molecule has 27 heavy (non-hydrogen) atoms. The van der Waals surface area contributed by atoms with Crippen molar-refractivity contribution < 1.29 is 26.4 Å². The van der Waals surface area contributed by atoms with Gasteiger partial charge in [-0.05, 0) is 30.3 Å². The number of anilines is 2. The van der Waals surface area contributed by atoms with E-state index in [1.807, 2.05) is 0 Å². The molecule has 2 rings (SSSR count). The molecule has 0 saturated carbocycles. The van der Waals surface area contributed by atoms with Gasteiger partial charge in [0.25, 0.3) is 15.9 Å². The zero-order valence-electron chi connectivity index (χ0n) is 13.3. The Morgan fingerprint density at radius 2 is 1.70 bits per heavy atom. The van der Waals surface area contributed by atoms with Gasteiger partial charge in [0.15, 0.2) is 0 Å². The Morgan fingerprint density at radius 1 is 1.11 bits per heavy atom. The number of sulfonamides is 1. The minimum atomic E-state index is -4.59. The zero-order valence-corrected chi connectivity index (χ0v) is 15.6. The van der Waals surface area contributed by atoms with Crippen molar-refractivity contribution in [2.75, 3.05) is 17.0 Å². The topological polar surface area (TPSA) is 101 Å². The summed E-state index contributed by atoms with van der Waals surface area (Å²) in [6.45, 7) is -1.54. The number of hydrogen-bond acceptors (Lipinski definition) is 4. The molecular formula is C15H12Cl2F3N3O3S. The molecule has 0 aliphatic rings. The third kappa shape index (κ3) is 5.65. The van der Waals surface area contributed by atoms with E-state index in [4.69, 9.17) is 28.9 Å². The molecule has 0 heterocycles. The van der Waals surface area contributed by atoms with Gasteiger partial charge in [0, 0.05) is 5.56 Å². The van der Waals surface area contributed by atoms with Gasteiger partial charge in [-0.1, -0.05) is 29.3 Å². The van der Waals surface area contributed by atoms with Crippen molar-refractivity contribution in [2.45, 2.75) is 11.1 Å². The number of alkyl halides is 3. The van der Waals surface area contributed by atoms with E-state index in [1.54, 1.807) is 5.32 Å². The van der Waals surface area contributed by atoms with Gasteiger partial charge in [-0.3, -0.25) is 9.52 Å². The standard InChI is InChI=1S/C15H12Cl2F3N3O3S/c16-11-5-9(6-12(17)13(11)21)23-27(25,26)10-3-1-2-8(4-10)14(24)22-7-15(18,19)20/h1-6,23H,7,21H2,(H,22,24). The lowest BCUT2D eigenvalue weighted by atomic mass is 10.2. The van der Waals surface area contributed by atoms with Crippen LogP contribution in [0.15, 0.2) is 41.3 Å². The number of nitrogens with two attached hydrogens (primary N) is 1. The summed E-state index contributed by atoms with van der Waals surface area (Å²) < 4.78 is 63.7. The van der Waals surface area contributed by atoms with Crippen molar-refractivity contribution in [1.29, 1.82) is 0 Å². The zero-order chi connectivity index (χ0) is 20.4. The summed E-state index contributed by atoms with van der Waals surface area (Å²) in [5, 5.41) is 1.72. The molecule has 0 aliphatic carbocycles. The van der Waals surface area contributed by atoms with Crippen molar-refractivity contribution in [2.24, 2.45) is 0 Å². The fourth-order valence-electron chi connectivity index (χ4n) is 1.94. The van der Waals surface area contributed by atoms with E-state index >= 15 is 0 Å². The molecule has 0 unspecified atom stereocenters. The van der Waals surface area contributed by atoms with Crippen LogP contribution >= 0.6 is 23.2 Å². The molecule has 0 saturated heterocycles. The SMILES string of the molecule is Nc1c(Cl)cc(NS(=O)(=O)c2cccc(C(=O)NCC(F)(F)F)c2)cc1Cl. The number of nitrogen functional groups attached to an aromatic ring is 1. The van der Waals surface area contributed by atoms with Gasteiger partial charge in [0.2, 0.25) is 0 Å². The van der Waals surface area contributed by atoms with E-state index in [9.17, 15) is 26.4 Å². The average molecular weight is 442 g/mol. The van der Waals surface area contributed by atoms with Crippen LogP contribution in [-0.4, -0.2) is 27.0 Å². The monoisotopic (exact) mass is 441 g/mol. The number of hydrogen-bond donors (Lipinski definition) is 3. The van der Waals surface area contributed by atoms with Crippen molar-refractivity contribution >= 4 is 50.5 Å². The van der Waals surface area contributed by atoms with Crippen LogP contribution in [0.2, 0.25) is 10.0 Å². The van der Waals surface area contributed by atoms with E-state index in [1.165, 1.54) is 30.3 Å². The molecule has 1 amide bonds. The maximum Gasteiger partial charge on any atom is 0.405 e. The lowest BCUT2D eigenvalue weighted by molar-refractivity contribution is -0.123. The second-order valence-electron chi connectivity index (χ2n) is 5.28. The van der Waals surface area contributed by atoms with Gasteiger partial charge in [0.1, 0.15) is 6.54 Å². The number of halogens is 5. The van der Waals surface area contributed by atoms with Crippen LogP contribution < -0.4 is 15.8 Å². The van der Waals surface area contributed by atoms with Crippen LogP contribution in [0.5, 0.6) is 0 Å². The van der Waals surface area contributed by atoms with E-state index in [2.05, 4.69) is 4.72 Å². The molecule has 6 nitrogen and oxygen atoms in total. The molecule has 0 aliphatic heterocycles. The maximum atomic E-state index is 12.5. The summed E-state index contributed by atoms with van der Waals surface area (Å²) in [7, 11) is -4.17. The van der Waals surface area contributed by atoms with Crippen LogP contribution in [-0.2, 0) is 10.0 Å². The highest BCUT2D eigenvalue weighted by atomic mass is 35.5. The largest absolute Gasteiger partial charge is 0.405 e. The van der Waals surface area contributed by atoms with Gasteiger partial charge in [-0.15, -0.1) is 0 Å². The summed E-state index contributed by atoms with van der Waals surface area (Å²) in [4.78, 5) is 11.4. The van der Waals surface area contributed by atoms with Gasteiger partial charge in [-0.2, -0.15) is 13.2 Å². The fourth-order valence-corrected chi connectivity index (χ4v) is 3.52. The van der Waals surface area contributed by atoms with Gasteiger partial charge in [0.05, 0.1) is 26.3 Å². The minimum Gasteiger partial charge on any atom is -0.396 e. The molecule has 2 aromatic carbocycles. The van der Waals surface area contributed by atoms with Crippen LogP contribution in [0.3, 0.4) is 0 Å². The molecule has 0 spiro atoms. The first-order valence-corrected chi connectivity index (χ1v) is 9.35. The lowest BCUT2D eigenvalue weighted by Crippen LogP contribution is -2.33. The van der Waals surface area contributed by atoms with Crippen LogP contribution in [0.25, 0.3) is 0 Å². The normalized spacial score (nSPS) is 11.9. The Kier molecular flexibility index (Phi) is 6.13. The fraction of sp³-hybridized carbons (Fsp3) is 0.133.